The molecule has 0 bridgehead atoms. The van der Waals surface area contributed by atoms with Crippen LogP contribution in [0.15, 0.2) is 29.1 Å². The zero-order valence-electron chi connectivity index (χ0n) is 6.95. The van der Waals surface area contributed by atoms with Gasteiger partial charge in [-0.3, -0.25) is 5.10 Å². The van der Waals surface area contributed by atoms with E-state index < -0.39 is 0 Å². The molecule has 1 aromatic heterocycles. The van der Waals surface area contributed by atoms with E-state index in [-0.39, 0.29) is 16.3 Å². The summed E-state index contributed by atoms with van der Waals surface area (Å²) in [5, 5.41) is 4.83. The normalized spacial score (nSPS) is 10.4. The molecule has 1 heterocycles. The topological polar surface area (TPSA) is 53.6 Å². The fourth-order valence-electron chi connectivity index (χ4n) is 1.14. The monoisotopic (exact) mass is 211 g/mol. The standard InChI is InChI=1S/C8H6FN3OS/c9-5-1-3-6(4-2-5)12-7(13)10-11-8(12)14/h1-4H,(H,10,13)(H,11,14). The van der Waals surface area contributed by atoms with Crippen molar-refractivity contribution in [3.8, 4) is 5.69 Å². The van der Waals surface area contributed by atoms with Crippen LogP contribution in [0.1, 0.15) is 0 Å². The van der Waals surface area contributed by atoms with Crippen LogP contribution in [0, 0.1) is 10.6 Å². The molecule has 0 aliphatic rings. The van der Waals surface area contributed by atoms with Gasteiger partial charge in [-0.1, -0.05) is 0 Å². The van der Waals surface area contributed by atoms with Crippen LogP contribution in [0.2, 0.25) is 0 Å². The fraction of sp³-hybridized carbons (Fsp3) is 0. The Morgan fingerprint density at radius 1 is 1.21 bits per heavy atom. The van der Waals surface area contributed by atoms with Crippen LogP contribution in [-0.4, -0.2) is 14.8 Å². The maximum absolute atomic E-state index is 12.6. The first-order valence-electron chi connectivity index (χ1n) is 3.84. The van der Waals surface area contributed by atoms with Gasteiger partial charge in [0.2, 0.25) is 4.77 Å². The Balaban J connectivity index is 2.66. The molecule has 6 heteroatoms. The van der Waals surface area contributed by atoms with E-state index in [1.54, 1.807) is 0 Å². The van der Waals surface area contributed by atoms with Gasteiger partial charge in [0, 0.05) is 0 Å². The molecule has 2 N–H and O–H groups in total. The highest BCUT2D eigenvalue weighted by Crippen LogP contribution is 2.06. The molecular formula is C8H6FN3OS. The second kappa shape index (κ2) is 3.22. The van der Waals surface area contributed by atoms with Gasteiger partial charge in [-0.05, 0) is 36.5 Å². The summed E-state index contributed by atoms with van der Waals surface area (Å²) in [6.45, 7) is 0. The van der Waals surface area contributed by atoms with Gasteiger partial charge in [0.15, 0.2) is 0 Å². The molecule has 1 aromatic carbocycles. The molecule has 0 aliphatic carbocycles. The maximum atomic E-state index is 12.6. The summed E-state index contributed by atoms with van der Waals surface area (Å²) in [4.78, 5) is 11.2. The summed E-state index contributed by atoms with van der Waals surface area (Å²) in [6.07, 6.45) is 0. The summed E-state index contributed by atoms with van der Waals surface area (Å²) in [5.41, 5.74) is 0.153. The molecule has 72 valence electrons. The lowest BCUT2D eigenvalue weighted by molar-refractivity contribution is 0.627. The van der Waals surface area contributed by atoms with E-state index in [9.17, 15) is 9.18 Å². The van der Waals surface area contributed by atoms with Gasteiger partial charge in [-0.2, -0.15) is 0 Å². The SMILES string of the molecule is O=c1[nH][nH]c(=S)n1-c1ccc(F)cc1. The highest BCUT2D eigenvalue weighted by molar-refractivity contribution is 7.71. The Kier molecular flexibility index (Phi) is 2.05. The van der Waals surface area contributed by atoms with Crippen molar-refractivity contribution in [3.05, 3.63) is 45.3 Å². The van der Waals surface area contributed by atoms with Gasteiger partial charge >= 0.3 is 5.69 Å². The zero-order chi connectivity index (χ0) is 10.1. The van der Waals surface area contributed by atoms with E-state index in [0.29, 0.717) is 5.69 Å². The van der Waals surface area contributed by atoms with Gasteiger partial charge in [0.25, 0.3) is 0 Å². The minimum absolute atomic E-state index is 0.251. The largest absolute Gasteiger partial charge is 0.347 e. The Bertz CT molecular complexity index is 523. The predicted octanol–water partition coefficient (Wildman–Crippen LogP) is 1.36. The quantitative estimate of drug-likeness (QED) is 0.700. The number of nitrogens with one attached hydrogen (secondary N) is 2. The van der Waals surface area contributed by atoms with E-state index in [2.05, 4.69) is 10.2 Å². The van der Waals surface area contributed by atoms with Crippen molar-refractivity contribution in [2.75, 3.05) is 0 Å². The van der Waals surface area contributed by atoms with Crippen LogP contribution in [0.3, 0.4) is 0 Å². The summed E-state index contributed by atoms with van der Waals surface area (Å²) in [6, 6.07) is 5.50. The van der Waals surface area contributed by atoms with Crippen LogP contribution in [0.4, 0.5) is 4.39 Å². The second-order valence-corrected chi connectivity index (χ2v) is 3.06. The van der Waals surface area contributed by atoms with Gasteiger partial charge < -0.3 is 0 Å². The highest BCUT2D eigenvalue weighted by Gasteiger charge is 2.02. The van der Waals surface area contributed by atoms with Crippen molar-refractivity contribution in [2.45, 2.75) is 0 Å². The third kappa shape index (κ3) is 1.39. The predicted molar refractivity (Wildman–Crippen MR) is 51.5 cm³/mol. The molecule has 4 nitrogen and oxygen atoms in total. The minimum Gasteiger partial charge on any atom is -0.272 e. The van der Waals surface area contributed by atoms with Gasteiger partial charge in [-0.15, -0.1) is 0 Å². The van der Waals surface area contributed by atoms with E-state index in [1.165, 1.54) is 28.8 Å². The second-order valence-electron chi connectivity index (χ2n) is 2.67. The molecule has 14 heavy (non-hydrogen) atoms. The van der Waals surface area contributed by atoms with Crippen LogP contribution in [0.5, 0.6) is 0 Å². The van der Waals surface area contributed by atoms with Crippen molar-refractivity contribution < 1.29 is 4.39 Å². The number of hydrogen-bond acceptors (Lipinski definition) is 2. The molecule has 2 rings (SSSR count). The molecule has 0 atom stereocenters. The Morgan fingerprint density at radius 3 is 2.36 bits per heavy atom. The Labute approximate surface area is 83.0 Å². The molecule has 0 spiro atoms. The van der Waals surface area contributed by atoms with E-state index in [4.69, 9.17) is 12.2 Å². The molecule has 0 saturated heterocycles. The van der Waals surface area contributed by atoms with Crippen LogP contribution < -0.4 is 5.69 Å². The van der Waals surface area contributed by atoms with Crippen molar-refractivity contribution in [2.24, 2.45) is 0 Å². The van der Waals surface area contributed by atoms with Gasteiger partial charge in [0.1, 0.15) is 5.82 Å². The third-order valence-electron chi connectivity index (χ3n) is 1.77. The number of hydrogen-bond donors (Lipinski definition) is 2. The van der Waals surface area contributed by atoms with Crippen molar-refractivity contribution >= 4 is 12.2 Å². The molecule has 0 aliphatic heterocycles. The number of aromatic amines is 2. The third-order valence-corrected chi connectivity index (χ3v) is 2.05. The average molecular weight is 211 g/mol. The molecule has 0 radical (unpaired) electrons. The summed E-state index contributed by atoms with van der Waals surface area (Å²) in [7, 11) is 0. The molecular weight excluding hydrogens is 205 g/mol. The number of H-pyrrole nitrogens is 2. The smallest absolute Gasteiger partial charge is 0.272 e. The number of halogens is 1. The Hall–Kier alpha value is -1.69. The van der Waals surface area contributed by atoms with Crippen LogP contribution in [-0.2, 0) is 0 Å². The van der Waals surface area contributed by atoms with Crippen molar-refractivity contribution in [1.29, 1.82) is 0 Å². The van der Waals surface area contributed by atoms with E-state index in [1.807, 2.05) is 0 Å². The summed E-state index contributed by atoms with van der Waals surface area (Å²) in [5.74, 6) is -0.354. The number of aromatic nitrogens is 3. The highest BCUT2D eigenvalue weighted by atomic mass is 32.1. The Morgan fingerprint density at radius 2 is 1.86 bits per heavy atom. The van der Waals surface area contributed by atoms with Gasteiger partial charge in [-0.25, -0.2) is 18.9 Å². The lowest BCUT2D eigenvalue weighted by Gasteiger charge is -1.98. The van der Waals surface area contributed by atoms with Crippen LogP contribution >= 0.6 is 12.2 Å². The lowest BCUT2D eigenvalue weighted by Crippen LogP contribution is -2.14. The van der Waals surface area contributed by atoms with Crippen LogP contribution in [0.25, 0.3) is 5.69 Å². The molecule has 0 unspecified atom stereocenters. The molecule has 0 saturated carbocycles. The maximum Gasteiger partial charge on any atom is 0.347 e. The molecule has 0 fully saturated rings. The first kappa shape index (κ1) is 8.89. The van der Waals surface area contributed by atoms with E-state index >= 15 is 0 Å². The van der Waals surface area contributed by atoms with E-state index in [0.717, 1.165) is 0 Å². The summed E-state index contributed by atoms with van der Waals surface area (Å²) >= 11 is 4.87. The first-order valence-corrected chi connectivity index (χ1v) is 4.25. The number of benzene rings is 1. The van der Waals surface area contributed by atoms with Crippen molar-refractivity contribution in [3.63, 3.8) is 0 Å². The average Bonchev–Trinajstić information content (AvgIpc) is 2.49. The molecule has 2 aromatic rings. The number of nitrogens with zero attached hydrogens (tertiary/aromatic N) is 1. The van der Waals surface area contributed by atoms with Gasteiger partial charge in [0.05, 0.1) is 5.69 Å². The lowest BCUT2D eigenvalue weighted by atomic mass is 10.3. The summed E-state index contributed by atoms with van der Waals surface area (Å²) < 4.78 is 14.1. The minimum atomic E-state index is -0.374. The molecule has 0 amide bonds. The first-order chi connectivity index (χ1) is 6.68. The fourth-order valence-corrected chi connectivity index (χ4v) is 1.37. The number of rotatable bonds is 1. The van der Waals surface area contributed by atoms with Crippen molar-refractivity contribution in [1.82, 2.24) is 14.8 Å². The zero-order valence-corrected chi connectivity index (χ0v) is 7.77.